The standard InChI is InChI=1S/C39H32N8/c1-27-36(37-40-28(2)43-47(37)42-27)26-29-22-24-30(25-23-29)34-20-12-13-21-35(34)38-41-44-45-46(38)39(31-14-6-3-7-15-31,32-16-8-4-9-17-32)33-18-10-5-11-19-33/h3-25,42H,26H2,1-2H3. The Balaban J connectivity index is 1.26. The quantitative estimate of drug-likeness (QED) is 0.180. The van der Waals surface area contributed by atoms with Gasteiger partial charge in [0, 0.05) is 23.2 Å². The van der Waals surface area contributed by atoms with Gasteiger partial charge in [0.25, 0.3) is 0 Å². The van der Waals surface area contributed by atoms with Crippen LogP contribution in [0.5, 0.6) is 0 Å². The Morgan fingerprint density at radius 1 is 0.638 bits per heavy atom. The highest BCUT2D eigenvalue weighted by atomic mass is 15.6. The molecule has 0 spiro atoms. The molecule has 0 amide bonds. The van der Waals surface area contributed by atoms with Crippen LogP contribution in [0.15, 0.2) is 140 Å². The van der Waals surface area contributed by atoms with Gasteiger partial charge in [0.1, 0.15) is 11.4 Å². The molecule has 8 heteroatoms. The number of nitrogens with one attached hydrogen (secondary N) is 1. The lowest BCUT2D eigenvalue weighted by Gasteiger charge is -2.36. The number of aromatic amines is 1. The predicted octanol–water partition coefficient (Wildman–Crippen LogP) is 7.43. The number of hydrogen-bond donors (Lipinski definition) is 1. The molecule has 0 unspecified atom stereocenters. The van der Waals surface area contributed by atoms with E-state index in [0.29, 0.717) is 5.82 Å². The number of aromatic nitrogens is 8. The first-order chi connectivity index (χ1) is 23.1. The van der Waals surface area contributed by atoms with E-state index in [-0.39, 0.29) is 0 Å². The summed E-state index contributed by atoms with van der Waals surface area (Å²) in [5.74, 6) is 1.43. The summed E-state index contributed by atoms with van der Waals surface area (Å²) < 4.78 is 3.75. The SMILES string of the molecule is Cc1nc2c(Cc3ccc(-c4ccccc4-c4nnnn4C(c4ccccc4)(c4ccccc4)c4ccccc4)cc3)c(C)[nH]n2n1. The molecule has 5 aromatic carbocycles. The maximum absolute atomic E-state index is 4.76. The van der Waals surface area contributed by atoms with E-state index < -0.39 is 5.54 Å². The largest absolute Gasteiger partial charge is 0.280 e. The van der Waals surface area contributed by atoms with Crippen molar-refractivity contribution in [3.63, 3.8) is 0 Å². The summed E-state index contributed by atoms with van der Waals surface area (Å²) >= 11 is 0. The van der Waals surface area contributed by atoms with Crippen LogP contribution in [0.4, 0.5) is 0 Å². The van der Waals surface area contributed by atoms with E-state index in [9.17, 15) is 0 Å². The molecular weight excluding hydrogens is 580 g/mol. The lowest BCUT2D eigenvalue weighted by atomic mass is 9.77. The number of H-pyrrole nitrogens is 1. The highest BCUT2D eigenvalue weighted by Crippen LogP contribution is 2.43. The number of hydrogen-bond acceptors (Lipinski definition) is 5. The first-order valence-corrected chi connectivity index (χ1v) is 15.7. The van der Waals surface area contributed by atoms with Crippen LogP contribution in [0.2, 0.25) is 0 Å². The van der Waals surface area contributed by atoms with Crippen molar-refractivity contribution in [2.75, 3.05) is 0 Å². The van der Waals surface area contributed by atoms with Gasteiger partial charge in [0.05, 0.1) is 0 Å². The highest BCUT2D eigenvalue weighted by molar-refractivity contribution is 5.81. The summed E-state index contributed by atoms with van der Waals surface area (Å²) in [6.45, 7) is 3.97. The highest BCUT2D eigenvalue weighted by Gasteiger charge is 2.42. The van der Waals surface area contributed by atoms with Crippen LogP contribution >= 0.6 is 0 Å². The van der Waals surface area contributed by atoms with Gasteiger partial charge >= 0.3 is 0 Å². The van der Waals surface area contributed by atoms with E-state index in [1.165, 1.54) is 5.56 Å². The lowest BCUT2D eigenvalue weighted by molar-refractivity contribution is 0.451. The Morgan fingerprint density at radius 3 is 1.79 bits per heavy atom. The number of benzene rings is 5. The fourth-order valence-corrected chi connectivity index (χ4v) is 6.72. The second kappa shape index (κ2) is 11.7. The second-order valence-electron chi connectivity index (χ2n) is 11.8. The molecule has 0 saturated heterocycles. The first kappa shape index (κ1) is 28.3. The maximum atomic E-state index is 4.76. The van der Waals surface area contributed by atoms with Crippen molar-refractivity contribution in [3.05, 3.63) is 179 Å². The van der Waals surface area contributed by atoms with E-state index in [1.807, 2.05) is 35.9 Å². The summed E-state index contributed by atoms with van der Waals surface area (Å²) in [7, 11) is 0. The summed E-state index contributed by atoms with van der Waals surface area (Å²) in [4.78, 5) is 4.63. The van der Waals surface area contributed by atoms with Crippen molar-refractivity contribution in [1.82, 2.24) is 40.0 Å². The molecule has 8 nitrogen and oxygen atoms in total. The molecule has 0 atom stereocenters. The van der Waals surface area contributed by atoms with Crippen LogP contribution in [-0.4, -0.2) is 40.0 Å². The van der Waals surface area contributed by atoms with Gasteiger partial charge in [-0.25, -0.2) is 9.67 Å². The Kier molecular flexibility index (Phi) is 7.02. The van der Waals surface area contributed by atoms with E-state index in [1.54, 1.807) is 4.63 Å². The smallest absolute Gasteiger partial charge is 0.184 e. The normalized spacial score (nSPS) is 11.7. The van der Waals surface area contributed by atoms with Gasteiger partial charge in [-0.15, -0.1) is 10.2 Å². The van der Waals surface area contributed by atoms with Gasteiger partial charge in [0.2, 0.25) is 0 Å². The van der Waals surface area contributed by atoms with Crippen LogP contribution in [-0.2, 0) is 12.0 Å². The fraction of sp³-hybridized carbons (Fsp3) is 0.103. The van der Waals surface area contributed by atoms with Crippen molar-refractivity contribution >= 4 is 5.65 Å². The Labute approximate surface area is 272 Å². The van der Waals surface area contributed by atoms with Gasteiger partial charge in [-0.2, -0.15) is 4.63 Å². The number of nitrogens with zero attached hydrogens (tertiary/aromatic N) is 7. The van der Waals surface area contributed by atoms with E-state index in [4.69, 9.17) is 10.3 Å². The average molecular weight is 613 g/mol. The van der Waals surface area contributed by atoms with Gasteiger partial charge in [-0.05, 0) is 57.7 Å². The second-order valence-corrected chi connectivity index (χ2v) is 11.8. The Hall–Kier alpha value is -6.15. The van der Waals surface area contributed by atoms with Crippen LogP contribution in [0, 0.1) is 13.8 Å². The van der Waals surface area contributed by atoms with Crippen LogP contribution < -0.4 is 0 Å². The zero-order chi connectivity index (χ0) is 31.8. The van der Waals surface area contributed by atoms with Crippen LogP contribution in [0.25, 0.3) is 28.2 Å². The molecular formula is C39H32N8. The van der Waals surface area contributed by atoms with Crippen molar-refractivity contribution in [2.45, 2.75) is 25.8 Å². The molecule has 0 fully saturated rings. The third-order valence-electron chi connectivity index (χ3n) is 8.88. The molecule has 0 bridgehead atoms. The lowest BCUT2D eigenvalue weighted by Crippen LogP contribution is -2.39. The molecule has 228 valence electrons. The van der Waals surface area contributed by atoms with Crippen LogP contribution in [0.1, 0.15) is 39.3 Å². The van der Waals surface area contributed by atoms with E-state index in [0.717, 1.165) is 62.5 Å². The third kappa shape index (κ3) is 4.82. The minimum atomic E-state index is -0.834. The summed E-state index contributed by atoms with van der Waals surface area (Å²) in [6, 6.07) is 48.5. The molecule has 0 saturated carbocycles. The van der Waals surface area contributed by atoms with Gasteiger partial charge in [-0.3, -0.25) is 5.10 Å². The fourth-order valence-electron chi connectivity index (χ4n) is 6.72. The van der Waals surface area contributed by atoms with Crippen molar-refractivity contribution in [2.24, 2.45) is 0 Å². The molecule has 0 radical (unpaired) electrons. The molecule has 8 rings (SSSR count). The van der Waals surface area contributed by atoms with Crippen LogP contribution in [0.3, 0.4) is 0 Å². The van der Waals surface area contributed by atoms with E-state index >= 15 is 0 Å². The zero-order valence-electron chi connectivity index (χ0n) is 26.1. The monoisotopic (exact) mass is 612 g/mol. The number of fused-ring (bicyclic) bond motifs is 1. The molecule has 3 heterocycles. The number of rotatable bonds is 8. The topological polar surface area (TPSA) is 89.6 Å². The number of tetrazole rings is 1. The first-order valence-electron chi connectivity index (χ1n) is 15.7. The van der Waals surface area contributed by atoms with E-state index in [2.05, 4.69) is 143 Å². The van der Waals surface area contributed by atoms with Crippen molar-refractivity contribution < 1.29 is 0 Å². The van der Waals surface area contributed by atoms with Gasteiger partial charge in [0.15, 0.2) is 11.5 Å². The maximum Gasteiger partial charge on any atom is 0.184 e. The van der Waals surface area contributed by atoms with Crippen molar-refractivity contribution in [1.29, 1.82) is 0 Å². The molecule has 8 aromatic rings. The predicted molar refractivity (Wildman–Crippen MR) is 183 cm³/mol. The Morgan fingerprint density at radius 2 is 1.19 bits per heavy atom. The third-order valence-corrected chi connectivity index (χ3v) is 8.88. The summed E-state index contributed by atoms with van der Waals surface area (Å²) in [5, 5.41) is 21.5. The Bertz CT molecular complexity index is 2190. The minimum Gasteiger partial charge on any atom is -0.280 e. The van der Waals surface area contributed by atoms with Crippen molar-refractivity contribution in [3.8, 4) is 22.5 Å². The average Bonchev–Trinajstić information content (AvgIpc) is 3.82. The molecule has 0 aliphatic carbocycles. The molecule has 0 aliphatic rings. The molecule has 0 aliphatic heterocycles. The van der Waals surface area contributed by atoms with Gasteiger partial charge < -0.3 is 0 Å². The molecule has 3 aromatic heterocycles. The van der Waals surface area contributed by atoms with Gasteiger partial charge in [-0.1, -0.05) is 140 Å². The molecule has 47 heavy (non-hydrogen) atoms. The molecule has 1 N–H and O–H groups in total. The summed E-state index contributed by atoms with van der Waals surface area (Å²) in [6.07, 6.45) is 0.755. The zero-order valence-corrected chi connectivity index (χ0v) is 26.1. The number of aryl methyl sites for hydroxylation is 2. The summed E-state index contributed by atoms with van der Waals surface area (Å²) in [5.41, 5.74) is 9.71. The minimum absolute atomic E-state index is 0.675.